The zero-order valence-corrected chi connectivity index (χ0v) is 17.9. The third-order valence-corrected chi connectivity index (χ3v) is 5.45. The highest BCUT2D eigenvalue weighted by molar-refractivity contribution is 9.10. The lowest BCUT2D eigenvalue weighted by Crippen LogP contribution is -2.07. The average Bonchev–Trinajstić information content (AvgIpc) is 3.44. The van der Waals surface area contributed by atoms with Crippen molar-refractivity contribution in [3.8, 4) is 28.5 Å². The molecule has 0 unspecified atom stereocenters. The van der Waals surface area contributed by atoms with Crippen molar-refractivity contribution >= 4 is 15.9 Å². The van der Waals surface area contributed by atoms with Gasteiger partial charge in [-0.2, -0.15) is 13.9 Å². The first-order valence-electron chi connectivity index (χ1n) is 9.59. The lowest BCUT2D eigenvalue weighted by Gasteiger charge is -2.13. The number of hydrogen-bond acceptors (Lipinski definition) is 4. The van der Waals surface area contributed by atoms with Gasteiger partial charge in [0, 0.05) is 11.8 Å². The molecule has 1 fully saturated rings. The standard InChI is InChI=1S/C22H21BrF2N2O3/c1-28-19-7-5-16(11-17(19)23)18-8-9-27(26-18)12-15-4-6-20(30-22(24)25)21(10-15)29-13-14-2-3-14/h4-11,14,22H,2-3,12-13H2,1H3. The maximum absolute atomic E-state index is 12.7. The van der Waals surface area contributed by atoms with Gasteiger partial charge in [-0.05, 0) is 76.7 Å². The predicted molar refractivity (Wildman–Crippen MR) is 112 cm³/mol. The molecule has 5 nitrogen and oxygen atoms in total. The number of methoxy groups -OCH3 is 1. The van der Waals surface area contributed by atoms with Gasteiger partial charge >= 0.3 is 6.61 Å². The van der Waals surface area contributed by atoms with Crippen LogP contribution in [0.15, 0.2) is 53.1 Å². The lowest BCUT2D eigenvalue weighted by atomic mass is 10.1. The number of halogens is 3. The highest BCUT2D eigenvalue weighted by Gasteiger charge is 2.23. The molecule has 1 aromatic heterocycles. The minimum absolute atomic E-state index is 0.0543. The topological polar surface area (TPSA) is 45.5 Å². The van der Waals surface area contributed by atoms with Crippen LogP contribution in [0.3, 0.4) is 0 Å². The fourth-order valence-electron chi connectivity index (χ4n) is 3.07. The Morgan fingerprint density at radius 2 is 1.90 bits per heavy atom. The van der Waals surface area contributed by atoms with Crippen molar-refractivity contribution in [3.63, 3.8) is 0 Å². The van der Waals surface area contributed by atoms with Crippen LogP contribution in [0.1, 0.15) is 18.4 Å². The van der Waals surface area contributed by atoms with E-state index >= 15 is 0 Å². The Bertz CT molecular complexity index is 1020. The van der Waals surface area contributed by atoms with E-state index in [1.807, 2.05) is 30.5 Å². The maximum Gasteiger partial charge on any atom is 0.387 e. The second kappa shape index (κ2) is 9.04. The highest BCUT2D eigenvalue weighted by Crippen LogP contribution is 2.34. The fourth-order valence-corrected chi connectivity index (χ4v) is 3.61. The van der Waals surface area contributed by atoms with Crippen LogP contribution < -0.4 is 14.2 Å². The minimum Gasteiger partial charge on any atom is -0.496 e. The number of ether oxygens (including phenoxy) is 3. The van der Waals surface area contributed by atoms with E-state index in [2.05, 4.69) is 25.8 Å². The zero-order chi connectivity index (χ0) is 21.1. The van der Waals surface area contributed by atoms with Crippen LogP contribution >= 0.6 is 15.9 Å². The second-order valence-electron chi connectivity index (χ2n) is 7.16. The monoisotopic (exact) mass is 478 g/mol. The van der Waals surface area contributed by atoms with Gasteiger partial charge in [-0.1, -0.05) is 6.07 Å². The van der Waals surface area contributed by atoms with Gasteiger partial charge < -0.3 is 14.2 Å². The third-order valence-electron chi connectivity index (χ3n) is 4.83. The molecule has 0 atom stereocenters. The van der Waals surface area contributed by atoms with Crippen molar-refractivity contribution in [2.24, 2.45) is 5.92 Å². The molecule has 4 rings (SSSR count). The average molecular weight is 479 g/mol. The number of aromatic nitrogens is 2. The Labute approximate surface area is 181 Å². The molecule has 1 heterocycles. The van der Waals surface area contributed by atoms with Crippen LogP contribution in [0.5, 0.6) is 17.2 Å². The molecule has 0 aliphatic heterocycles. The van der Waals surface area contributed by atoms with Gasteiger partial charge in [0.15, 0.2) is 11.5 Å². The van der Waals surface area contributed by atoms with Gasteiger partial charge in [0.05, 0.1) is 30.4 Å². The Balaban J connectivity index is 1.51. The van der Waals surface area contributed by atoms with Gasteiger partial charge in [-0.3, -0.25) is 4.68 Å². The van der Waals surface area contributed by atoms with Gasteiger partial charge in [-0.15, -0.1) is 0 Å². The molecule has 0 N–H and O–H groups in total. The molecule has 1 aliphatic carbocycles. The fraction of sp³-hybridized carbons (Fsp3) is 0.318. The Morgan fingerprint density at radius 1 is 1.10 bits per heavy atom. The van der Waals surface area contributed by atoms with Crippen LogP contribution in [0, 0.1) is 5.92 Å². The minimum atomic E-state index is -2.89. The van der Waals surface area contributed by atoms with E-state index in [1.54, 1.807) is 23.9 Å². The number of hydrogen-bond donors (Lipinski definition) is 0. The second-order valence-corrected chi connectivity index (χ2v) is 8.02. The first-order valence-corrected chi connectivity index (χ1v) is 10.4. The van der Waals surface area contributed by atoms with Crippen molar-refractivity contribution in [3.05, 3.63) is 58.7 Å². The highest BCUT2D eigenvalue weighted by atomic mass is 79.9. The molecule has 0 saturated heterocycles. The summed E-state index contributed by atoms with van der Waals surface area (Å²) in [5.74, 6) is 1.65. The normalized spacial score (nSPS) is 13.5. The molecule has 30 heavy (non-hydrogen) atoms. The summed E-state index contributed by atoms with van der Waals surface area (Å²) in [6, 6.07) is 12.7. The summed E-state index contributed by atoms with van der Waals surface area (Å²) in [7, 11) is 1.62. The Morgan fingerprint density at radius 3 is 2.60 bits per heavy atom. The van der Waals surface area contributed by atoms with Crippen LogP contribution in [-0.4, -0.2) is 30.1 Å². The van der Waals surface area contributed by atoms with Gasteiger partial charge in [0.25, 0.3) is 0 Å². The van der Waals surface area contributed by atoms with Gasteiger partial charge in [0.1, 0.15) is 5.75 Å². The molecule has 0 radical (unpaired) electrons. The number of rotatable bonds is 9. The number of nitrogens with zero attached hydrogens (tertiary/aromatic N) is 2. The van der Waals surface area contributed by atoms with E-state index in [1.165, 1.54) is 6.07 Å². The molecule has 158 valence electrons. The molecule has 8 heteroatoms. The van der Waals surface area contributed by atoms with E-state index in [4.69, 9.17) is 9.47 Å². The quantitative estimate of drug-likeness (QED) is 0.392. The summed E-state index contributed by atoms with van der Waals surface area (Å²) in [5.41, 5.74) is 2.66. The summed E-state index contributed by atoms with van der Waals surface area (Å²) in [4.78, 5) is 0. The molecule has 1 saturated carbocycles. The van der Waals surface area contributed by atoms with Crippen LogP contribution in [-0.2, 0) is 6.54 Å². The van der Waals surface area contributed by atoms with Crippen molar-refractivity contribution in [1.82, 2.24) is 9.78 Å². The molecule has 3 aromatic rings. The van der Waals surface area contributed by atoms with E-state index in [9.17, 15) is 8.78 Å². The molecule has 2 aromatic carbocycles. The molecule has 1 aliphatic rings. The zero-order valence-electron chi connectivity index (χ0n) is 16.4. The summed E-state index contributed by atoms with van der Waals surface area (Å²) in [6.07, 6.45) is 4.10. The lowest BCUT2D eigenvalue weighted by molar-refractivity contribution is -0.0515. The largest absolute Gasteiger partial charge is 0.496 e. The van der Waals surface area contributed by atoms with Gasteiger partial charge in [0.2, 0.25) is 0 Å². The van der Waals surface area contributed by atoms with E-state index in [-0.39, 0.29) is 5.75 Å². The van der Waals surface area contributed by atoms with Crippen LogP contribution in [0.2, 0.25) is 0 Å². The van der Waals surface area contributed by atoms with Crippen LogP contribution in [0.4, 0.5) is 8.78 Å². The van der Waals surface area contributed by atoms with E-state index in [0.717, 1.165) is 39.9 Å². The van der Waals surface area contributed by atoms with E-state index < -0.39 is 6.61 Å². The SMILES string of the molecule is COc1ccc(-c2ccn(Cc3ccc(OC(F)F)c(OCC4CC4)c3)n2)cc1Br. The Hall–Kier alpha value is -2.61. The first-order chi connectivity index (χ1) is 14.5. The van der Waals surface area contributed by atoms with Crippen molar-refractivity contribution in [2.75, 3.05) is 13.7 Å². The predicted octanol–water partition coefficient (Wildman–Crippen LogP) is 5.76. The summed E-state index contributed by atoms with van der Waals surface area (Å²) < 4.78 is 43.6. The molecule has 0 spiro atoms. The molecular weight excluding hydrogens is 458 g/mol. The van der Waals surface area contributed by atoms with Crippen molar-refractivity contribution in [2.45, 2.75) is 26.0 Å². The smallest absolute Gasteiger partial charge is 0.387 e. The van der Waals surface area contributed by atoms with Crippen LogP contribution in [0.25, 0.3) is 11.3 Å². The van der Waals surface area contributed by atoms with E-state index in [0.29, 0.717) is 24.8 Å². The summed E-state index contributed by atoms with van der Waals surface area (Å²) >= 11 is 3.49. The van der Waals surface area contributed by atoms with Crippen molar-refractivity contribution < 1.29 is 23.0 Å². The molecule has 0 bridgehead atoms. The Kier molecular flexibility index (Phi) is 6.22. The number of alkyl halides is 2. The number of benzene rings is 2. The van der Waals surface area contributed by atoms with Gasteiger partial charge in [-0.25, -0.2) is 0 Å². The molecular formula is C22H21BrF2N2O3. The summed E-state index contributed by atoms with van der Waals surface area (Å²) in [5, 5.41) is 4.62. The maximum atomic E-state index is 12.7. The third kappa shape index (κ3) is 5.11. The van der Waals surface area contributed by atoms with Crippen molar-refractivity contribution in [1.29, 1.82) is 0 Å². The summed E-state index contributed by atoms with van der Waals surface area (Å²) in [6.45, 7) is -1.90. The molecule has 0 amide bonds. The first kappa shape index (κ1) is 20.7.